The predicted octanol–water partition coefficient (Wildman–Crippen LogP) is 3.01. The molecule has 0 aliphatic heterocycles. The molecule has 15 heavy (non-hydrogen) atoms. The van der Waals surface area contributed by atoms with Gasteiger partial charge in [0.05, 0.1) is 13.0 Å². The highest BCUT2D eigenvalue weighted by Gasteiger charge is 2.04. The molecule has 0 amide bonds. The maximum atomic E-state index is 11.3. The van der Waals surface area contributed by atoms with Gasteiger partial charge in [0.15, 0.2) is 0 Å². The molecule has 2 nitrogen and oxygen atoms in total. The van der Waals surface area contributed by atoms with E-state index < -0.39 is 0 Å². The van der Waals surface area contributed by atoms with Crippen molar-refractivity contribution in [2.75, 3.05) is 12.5 Å². The number of hydrogen-bond donors (Lipinski definition) is 0. The van der Waals surface area contributed by atoms with Crippen molar-refractivity contribution in [2.24, 2.45) is 0 Å². The third-order valence-electron chi connectivity index (χ3n) is 1.78. The second kappa shape index (κ2) is 7.06. The largest absolute Gasteiger partial charge is 0.465 e. The summed E-state index contributed by atoms with van der Waals surface area (Å²) < 4.78 is 6.12. The molecule has 1 aromatic carbocycles. The Labute approximate surface area is 108 Å². The van der Waals surface area contributed by atoms with Crippen LogP contribution < -0.4 is 0 Å². The Bertz CT molecular complexity index is 328. The van der Waals surface area contributed by atoms with E-state index in [-0.39, 0.29) is 5.97 Å². The highest BCUT2D eigenvalue weighted by Crippen LogP contribution is 2.08. The van der Waals surface area contributed by atoms with Crippen LogP contribution in [0.3, 0.4) is 0 Å². The highest BCUT2D eigenvalue weighted by atomic mass is 127. The second-order valence-corrected chi connectivity index (χ2v) is 4.69. The summed E-state index contributed by atoms with van der Waals surface area (Å²) in [6, 6.07) is 7.82. The average Bonchev–Trinajstić information content (AvgIpc) is 2.18. The van der Waals surface area contributed by atoms with Crippen molar-refractivity contribution in [3.8, 4) is 0 Å². The van der Waals surface area contributed by atoms with E-state index >= 15 is 0 Å². The van der Waals surface area contributed by atoms with Crippen molar-refractivity contribution in [1.29, 1.82) is 0 Å². The van der Waals surface area contributed by atoms with Crippen LogP contribution in [0.25, 0.3) is 0 Å². The van der Waals surface area contributed by atoms with E-state index in [1.54, 1.807) is 0 Å². The normalized spacial score (nSPS) is 10.0. The summed E-state index contributed by atoms with van der Waals surface area (Å²) in [5.74, 6) is 0.332. The first-order valence-electron chi connectivity index (χ1n) is 4.68. The number of halogens is 2. The number of alkyl halides is 1. The van der Waals surface area contributed by atoms with Gasteiger partial charge in [-0.15, -0.1) is 11.6 Å². The Morgan fingerprint density at radius 1 is 1.47 bits per heavy atom. The zero-order chi connectivity index (χ0) is 11.1. The lowest BCUT2D eigenvalue weighted by Crippen LogP contribution is -2.09. The summed E-state index contributed by atoms with van der Waals surface area (Å²) in [6.07, 6.45) is 1.04. The quantitative estimate of drug-likeness (QED) is 0.357. The highest BCUT2D eigenvalue weighted by molar-refractivity contribution is 14.1. The third kappa shape index (κ3) is 5.37. The molecule has 0 bridgehead atoms. The van der Waals surface area contributed by atoms with Crippen LogP contribution in [0, 0.1) is 3.57 Å². The molecule has 0 aliphatic carbocycles. The summed E-state index contributed by atoms with van der Waals surface area (Å²) in [4.78, 5) is 11.3. The Hall–Kier alpha value is -0.290. The van der Waals surface area contributed by atoms with Gasteiger partial charge < -0.3 is 4.74 Å². The minimum absolute atomic E-state index is 0.192. The molecule has 0 saturated carbocycles. The molecule has 0 fully saturated rings. The van der Waals surface area contributed by atoms with Crippen LogP contribution in [0.15, 0.2) is 24.3 Å². The molecule has 0 unspecified atom stereocenters. The van der Waals surface area contributed by atoms with Crippen molar-refractivity contribution in [2.45, 2.75) is 12.8 Å². The van der Waals surface area contributed by atoms with Gasteiger partial charge in [0.1, 0.15) is 0 Å². The van der Waals surface area contributed by atoms with Gasteiger partial charge in [-0.3, -0.25) is 4.79 Å². The second-order valence-electron chi connectivity index (χ2n) is 3.07. The van der Waals surface area contributed by atoms with Crippen LogP contribution in [0.5, 0.6) is 0 Å². The van der Waals surface area contributed by atoms with Gasteiger partial charge in [-0.1, -0.05) is 12.1 Å². The molecular weight excluding hydrogens is 326 g/mol. The molecule has 1 aromatic rings. The molecule has 0 aromatic heterocycles. The van der Waals surface area contributed by atoms with Gasteiger partial charge >= 0.3 is 5.97 Å². The first-order valence-corrected chi connectivity index (χ1v) is 6.29. The van der Waals surface area contributed by atoms with E-state index in [9.17, 15) is 4.79 Å². The summed E-state index contributed by atoms with van der Waals surface area (Å²) >= 11 is 7.69. The van der Waals surface area contributed by atoms with Crippen molar-refractivity contribution in [3.05, 3.63) is 33.4 Å². The maximum Gasteiger partial charge on any atom is 0.310 e. The van der Waals surface area contributed by atoms with Crippen LogP contribution in [-0.4, -0.2) is 18.5 Å². The van der Waals surface area contributed by atoms with E-state index in [4.69, 9.17) is 16.3 Å². The van der Waals surface area contributed by atoms with Gasteiger partial charge in [0.25, 0.3) is 0 Å². The standard InChI is InChI=1S/C11H12ClIO2/c12-5-2-6-15-11(14)8-9-3-1-4-10(13)7-9/h1,3-4,7H,2,5-6,8H2. The average molecular weight is 339 g/mol. The number of carbonyl (C=O) groups excluding carboxylic acids is 1. The molecule has 0 spiro atoms. The molecule has 0 atom stereocenters. The lowest BCUT2D eigenvalue weighted by Gasteiger charge is -2.03. The van der Waals surface area contributed by atoms with Gasteiger partial charge in [0.2, 0.25) is 0 Å². The molecule has 0 radical (unpaired) electrons. The van der Waals surface area contributed by atoms with Crippen LogP contribution in [-0.2, 0) is 16.0 Å². The van der Waals surface area contributed by atoms with Crippen molar-refractivity contribution >= 4 is 40.2 Å². The van der Waals surface area contributed by atoms with E-state index in [2.05, 4.69) is 22.6 Å². The van der Waals surface area contributed by atoms with Crippen molar-refractivity contribution in [3.63, 3.8) is 0 Å². The summed E-state index contributed by atoms with van der Waals surface area (Å²) in [5, 5.41) is 0. The molecule has 0 saturated heterocycles. The van der Waals surface area contributed by atoms with Gasteiger partial charge in [-0.05, 0) is 46.7 Å². The summed E-state index contributed by atoms with van der Waals surface area (Å²) in [6.45, 7) is 0.409. The fourth-order valence-electron chi connectivity index (χ4n) is 1.11. The number of esters is 1. The topological polar surface area (TPSA) is 26.3 Å². The lowest BCUT2D eigenvalue weighted by atomic mass is 10.2. The fraction of sp³-hybridized carbons (Fsp3) is 0.364. The van der Waals surface area contributed by atoms with Crippen LogP contribution in [0.4, 0.5) is 0 Å². The first-order chi connectivity index (χ1) is 7.22. The van der Waals surface area contributed by atoms with Crippen LogP contribution in [0.2, 0.25) is 0 Å². The number of carbonyl (C=O) groups is 1. The third-order valence-corrected chi connectivity index (χ3v) is 2.72. The number of ether oxygens (including phenoxy) is 1. The summed E-state index contributed by atoms with van der Waals surface area (Å²) in [5.41, 5.74) is 0.984. The van der Waals surface area contributed by atoms with Crippen LogP contribution in [0.1, 0.15) is 12.0 Å². The van der Waals surface area contributed by atoms with Crippen molar-refractivity contribution in [1.82, 2.24) is 0 Å². The minimum Gasteiger partial charge on any atom is -0.465 e. The number of rotatable bonds is 5. The molecule has 0 heterocycles. The van der Waals surface area contributed by atoms with Gasteiger partial charge in [0, 0.05) is 9.45 Å². The maximum absolute atomic E-state index is 11.3. The molecule has 0 aliphatic rings. The smallest absolute Gasteiger partial charge is 0.310 e. The van der Waals surface area contributed by atoms with E-state index in [0.717, 1.165) is 9.13 Å². The lowest BCUT2D eigenvalue weighted by molar-refractivity contribution is -0.142. The molecule has 82 valence electrons. The first kappa shape index (κ1) is 12.8. The Morgan fingerprint density at radius 3 is 2.93 bits per heavy atom. The predicted molar refractivity (Wildman–Crippen MR) is 69.2 cm³/mol. The zero-order valence-electron chi connectivity index (χ0n) is 8.21. The summed E-state index contributed by atoms with van der Waals surface area (Å²) in [7, 11) is 0. The van der Waals surface area contributed by atoms with Gasteiger partial charge in [-0.25, -0.2) is 0 Å². The number of benzene rings is 1. The molecule has 4 heteroatoms. The minimum atomic E-state index is -0.192. The van der Waals surface area contributed by atoms with E-state index in [1.165, 1.54) is 0 Å². The van der Waals surface area contributed by atoms with E-state index in [0.29, 0.717) is 25.3 Å². The Morgan fingerprint density at radius 2 is 2.27 bits per heavy atom. The molecular formula is C11H12ClIO2. The van der Waals surface area contributed by atoms with Gasteiger partial charge in [-0.2, -0.15) is 0 Å². The molecule has 0 N–H and O–H groups in total. The van der Waals surface area contributed by atoms with E-state index in [1.807, 2.05) is 24.3 Å². The zero-order valence-corrected chi connectivity index (χ0v) is 11.1. The Balaban J connectivity index is 2.37. The van der Waals surface area contributed by atoms with Crippen molar-refractivity contribution < 1.29 is 9.53 Å². The SMILES string of the molecule is O=C(Cc1cccc(I)c1)OCCCCl. The fourth-order valence-corrected chi connectivity index (χ4v) is 1.82. The monoisotopic (exact) mass is 338 g/mol. The van der Waals surface area contributed by atoms with Crippen LogP contribution >= 0.6 is 34.2 Å². The number of hydrogen-bond acceptors (Lipinski definition) is 2. The molecule has 1 rings (SSSR count). The Kier molecular flexibility index (Phi) is 6.02.